The van der Waals surface area contributed by atoms with E-state index < -0.39 is 24.6 Å². The summed E-state index contributed by atoms with van der Waals surface area (Å²) in [5, 5.41) is 7.04. The van der Waals surface area contributed by atoms with Gasteiger partial charge in [0.25, 0.3) is 11.8 Å². The fourth-order valence-electron chi connectivity index (χ4n) is 3.01. The summed E-state index contributed by atoms with van der Waals surface area (Å²) in [6, 6.07) is 6.85. The number of fused-ring (bicyclic) bond motifs is 1. The molecule has 1 N–H and O–H groups in total. The van der Waals surface area contributed by atoms with Crippen LogP contribution in [0.2, 0.25) is 5.15 Å². The van der Waals surface area contributed by atoms with Crippen molar-refractivity contribution in [2.45, 2.75) is 13.0 Å². The summed E-state index contributed by atoms with van der Waals surface area (Å²) < 4.78 is 12.2. The first-order chi connectivity index (χ1) is 14.3. The van der Waals surface area contributed by atoms with E-state index in [1.54, 1.807) is 38.2 Å². The third kappa shape index (κ3) is 4.46. The zero-order valence-electron chi connectivity index (χ0n) is 16.7. The number of anilines is 1. The molecule has 1 aromatic heterocycles. The fourth-order valence-corrected chi connectivity index (χ4v) is 3.25. The molecule has 1 unspecified atom stereocenters. The average molecular weight is 433 g/mol. The van der Waals surface area contributed by atoms with E-state index in [1.807, 2.05) is 0 Å². The maximum absolute atomic E-state index is 12.7. The molecule has 158 valence electrons. The zero-order chi connectivity index (χ0) is 21.8. The van der Waals surface area contributed by atoms with Crippen LogP contribution in [0.5, 0.6) is 5.75 Å². The topological polar surface area (TPSA) is 103 Å². The molecule has 2 heterocycles. The lowest BCUT2D eigenvalue weighted by Crippen LogP contribution is -2.51. The lowest BCUT2D eigenvalue weighted by molar-refractivity contribution is -0.143. The lowest BCUT2D eigenvalue weighted by Gasteiger charge is -2.33. The maximum Gasteiger partial charge on any atom is 0.331 e. The highest BCUT2D eigenvalue weighted by Gasteiger charge is 2.33. The highest BCUT2D eigenvalue weighted by molar-refractivity contribution is 6.31. The van der Waals surface area contributed by atoms with Crippen LogP contribution in [0.3, 0.4) is 0 Å². The van der Waals surface area contributed by atoms with Crippen LogP contribution in [0.4, 0.5) is 5.69 Å². The van der Waals surface area contributed by atoms with Gasteiger partial charge in [-0.3, -0.25) is 14.3 Å². The van der Waals surface area contributed by atoms with Gasteiger partial charge in [0.1, 0.15) is 10.9 Å². The van der Waals surface area contributed by atoms with Crippen molar-refractivity contribution >= 4 is 41.1 Å². The second-order valence-corrected chi connectivity index (χ2v) is 6.91. The van der Waals surface area contributed by atoms with Crippen molar-refractivity contribution in [3.8, 4) is 5.75 Å². The quantitative estimate of drug-likeness (QED) is 0.567. The van der Waals surface area contributed by atoms with Crippen LogP contribution >= 0.6 is 11.6 Å². The standard InChI is InChI=1S/C20H21ClN4O5/c1-12-13(19(21)24(3)23-12)8-9-18(27)29-11-17(26)25-10-16(20(28)22-2)30-15-7-5-4-6-14(15)25/h4-9,16H,10-11H2,1-3H3,(H,22,28)/b9-8+. The van der Waals surface area contributed by atoms with Gasteiger partial charge in [-0.05, 0) is 25.1 Å². The number of nitrogens with one attached hydrogen (secondary N) is 1. The molecule has 0 radical (unpaired) electrons. The minimum absolute atomic E-state index is 0.00734. The fraction of sp³-hybridized carbons (Fsp3) is 0.300. The van der Waals surface area contributed by atoms with Gasteiger partial charge in [-0.2, -0.15) is 5.10 Å². The third-order valence-corrected chi connectivity index (χ3v) is 4.98. The van der Waals surface area contributed by atoms with E-state index in [9.17, 15) is 14.4 Å². The Morgan fingerprint density at radius 2 is 2.10 bits per heavy atom. The number of carbonyl (C=O) groups is 3. The Morgan fingerprint density at radius 3 is 2.77 bits per heavy atom. The lowest BCUT2D eigenvalue weighted by atomic mass is 10.1. The molecule has 2 aromatic rings. The SMILES string of the molecule is CNC(=O)C1CN(C(=O)COC(=O)/C=C/c2c(C)nn(C)c2Cl)c2ccccc2O1. The van der Waals surface area contributed by atoms with Gasteiger partial charge in [0.2, 0.25) is 0 Å². The van der Waals surface area contributed by atoms with Gasteiger partial charge in [0.05, 0.1) is 17.9 Å². The van der Waals surface area contributed by atoms with Gasteiger partial charge in [-0.15, -0.1) is 0 Å². The van der Waals surface area contributed by atoms with E-state index >= 15 is 0 Å². The number of likely N-dealkylation sites (N-methyl/N-ethyl adjacent to an activating group) is 1. The Labute approximate surface area is 178 Å². The Morgan fingerprint density at radius 1 is 1.37 bits per heavy atom. The molecule has 1 atom stereocenters. The molecular weight excluding hydrogens is 412 g/mol. The molecule has 0 bridgehead atoms. The molecule has 1 aliphatic heterocycles. The Balaban J connectivity index is 1.67. The number of benzene rings is 1. The minimum Gasteiger partial charge on any atom is -0.477 e. The number of esters is 1. The maximum atomic E-state index is 12.7. The second-order valence-electron chi connectivity index (χ2n) is 6.55. The van der Waals surface area contributed by atoms with Gasteiger partial charge >= 0.3 is 5.97 Å². The van der Waals surface area contributed by atoms with Crippen molar-refractivity contribution in [1.82, 2.24) is 15.1 Å². The highest BCUT2D eigenvalue weighted by atomic mass is 35.5. The van der Waals surface area contributed by atoms with E-state index in [2.05, 4.69) is 10.4 Å². The molecule has 0 spiro atoms. The van der Waals surface area contributed by atoms with E-state index in [1.165, 1.54) is 28.8 Å². The molecule has 1 aliphatic rings. The first kappa shape index (κ1) is 21.4. The first-order valence-corrected chi connectivity index (χ1v) is 9.51. The molecular formula is C20H21ClN4O5. The van der Waals surface area contributed by atoms with Crippen LogP contribution in [0, 0.1) is 6.92 Å². The number of hydrogen-bond donors (Lipinski definition) is 1. The van der Waals surface area contributed by atoms with E-state index in [0.29, 0.717) is 27.8 Å². The van der Waals surface area contributed by atoms with Crippen LogP contribution in [-0.2, 0) is 26.2 Å². The summed E-state index contributed by atoms with van der Waals surface area (Å²) >= 11 is 6.12. The van der Waals surface area contributed by atoms with Crippen LogP contribution in [0.1, 0.15) is 11.3 Å². The number of aromatic nitrogens is 2. The Bertz CT molecular complexity index is 1020. The average Bonchev–Trinajstić information content (AvgIpc) is 2.99. The second kappa shape index (κ2) is 9.00. The predicted octanol–water partition coefficient (Wildman–Crippen LogP) is 1.48. The van der Waals surface area contributed by atoms with Gasteiger partial charge in [-0.1, -0.05) is 23.7 Å². The van der Waals surface area contributed by atoms with Crippen molar-refractivity contribution in [3.63, 3.8) is 0 Å². The van der Waals surface area contributed by atoms with Crippen molar-refractivity contribution < 1.29 is 23.9 Å². The van der Waals surface area contributed by atoms with Crippen molar-refractivity contribution in [3.05, 3.63) is 46.8 Å². The van der Waals surface area contributed by atoms with E-state index in [4.69, 9.17) is 21.1 Å². The Hall–Kier alpha value is -3.33. The predicted molar refractivity (Wildman–Crippen MR) is 110 cm³/mol. The minimum atomic E-state index is -0.861. The summed E-state index contributed by atoms with van der Waals surface area (Å²) in [4.78, 5) is 38.1. The number of carbonyl (C=O) groups excluding carboxylic acids is 3. The molecule has 3 rings (SSSR count). The molecule has 0 saturated heterocycles. The Kier molecular flexibility index (Phi) is 6.41. The van der Waals surface area contributed by atoms with Crippen LogP contribution < -0.4 is 15.0 Å². The molecule has 2 amide bonds. The number of para-hydroxylation sites is 2. The summed E-state index contributed by atoms with van der Waals surface area (Å²) in [5.74, 6) is -1.13. The van der Waals surface area contributed by atoms with Gasteiger partial charge in [-0.25, -0.2) is 4.79 Å². The van der Waals surface area contributed by atoms with Crippen molar-refractivity contribution in [2.24, 2.45) is 7.05 Å². The highest BCUT2D eigenvalue weighted by Crippen LogP contribution is 2.33. The molecule has 9 nitrogen and oxygen atoms in total. The van der Waals surface area contributed by atoms with Crippen LogP contribution in [-0.4, -0.2) is 53.9 Å². The van der Waals surface area contributed by atoms with E-state index in [-0.39, 0.29) is 12.5 Å². The van der Waals surface area contributed by atoms with Gasteiger partial charge in [0, 0.05) is 25.7 Å². The number of halogens is 1. The normalized spacial score (nSPS) is 15.5. The number of aryl methyl sites for hydroxylation is 2. The number of nitrogens with zero attached hydrogens (tertiary/aromatic N) is 3. The molecule has 30 heavy (non-hydrogen) atoms. The smallest absolute Gasteiger partial charge is 0.331 e. The number of amides is 2. The van der Waals surface area contributed by atoms with Crippen molar-refractivity contribution in [1.29, 1.82) is 0 Å². The van der Waals surface area contributed by atoms with Gasteiger partial charge < -0.3 is 19.7 Å². The molecule has 0 saturated carbocycles. The van der Waals surface area contributed by atoms with Crippen LogP contribution in [0.25, 0.3) is 6.08 Å². The summed E-state index contributed by atoms with van der Waals surface area (Å²) in [6.45, 7) is 1.28. The van der Waals surface area contributed by atoms with Gasteiger partial charge in [0.15, 0.2) is 12.7 Å². The molecule has 1 aromatic carbocycles. The number of ether oxygens (including phenoxy) is 2. The van der Waals surface area contributed by atoms with Crippen LogP contribution in [0.15, 0.2) is 30.3 Å². The van der Waals surface area contributed by atoms with E-state index in [0.717, 1.165) is 0 Å². The zero-order valence-corrected chi connectivity index (χ0v) is 17.5. The number of rotatable bonds is 5. The third-order valence-electron chi connectivity index (χ3n) is 4.53. The summed E-state index contributed by atoms with van der Waals surface area (Å²) in [7, 11) is 3.18. The molecule has 0 fully saturated rings. The molecule has 10 heteroatoms. The molecule has 0 aliphatic carbocycles. The number of hydrogen-bond acceptors (Lipinski definition) is 6. The first-order valence-electron chi connectivity index (χ1n) is 9.13. The van der Waals surface area contributed by atoms with Crippen molar-refractivity contribution in [2.75, 3.05) is 25.1 Å². The monoisotopic (exact) mass is 432 g/mol. The summed E-state index contributed by atoms with van der Waals surface area (Å²) in [5.41, 5.74) is 1.76. The summed E-state index contributed by atoms with van der Waals surface area (Å²) in [6.07, 6.45) is 1.81. The largest absolute Gasteiger partial charge is 0.477 e.